The van der Waals surface area contributed by atoms with Crippen LogP contribution in [0.4, 0.5) is 0 Å². The maximum Gasteiger partial charge on any atom is 0.229 e. The molecule has 0 radical (unpaired) electrons. The summed E-state index contributed by atoms with van der Waals surface area (Å²) in [5.41, 5.74) is -0.395. The first-order valence-electron chi connectivity index (χ1n) is 12.9. The molecule has 15 nitrogen and oxygen atoms in total. The number of fused-ring (bicyclic) bond motifs is 1. The van der Waals surface area contributed by atoms with E-state index in [1.165, 1.54) is 19.1 Å². The van der Waals surface area contributed by atoms with Crippen LogP contribution in [0.2, 0.25) is 0 Å². The number of rotatable bonds is 6. The van der Waals surface area contributed by atoms with Gasteiger partial charge in [0.05, 0.1) is 18.3 Å². The van der Waals surface area contributed by atoms with Crippen LogP contribution in [0.15, 0.2) is 45.6 Å². The van der Waals surface area contributed by atoms with Gasteiger partial charge in [-0.15, -0.1) is 0 Å². The Kier molecular flexibility index (Phi) is 8.30. The average molecular weight is 595 g/mol. The summed E-state index contributed by atoms with van der Waals surface area (Å²) in [6.45, 7) is 0.914. The molecule has 228 valence electrons. The number of phenols is 3. The number of aliphatic hydroxyl groups excluding tert-OH is 6. The number of phenolic OH excluding ortho intramolecular Hbond substituents is 3. The Labute approximate surface area is 236 Å². The first kappa shape index (κ1) is 30.0. The Morgan fingerprint density at radius 3 is 2.14 bits per heavy atom. The molecular weight excluding hydrogens is 564 g/mol. The van der Waals surface area contributed by atoms with E-state index in [2.05, 4.69) is 0 Å². The van der Waals surface area contributed by atoms with Crippen molar-refractivity contribution >= 4 is 0 Å². The fourth-order valence-corrected chi connectivity index (χ4v) is 4.74. The Morgan fingerprint density at radius 2 is 1.43 bits per heavy atom. The second-order valence-electron chi connectivity index (χ2n) is 10.1. The molecule has 1 aromatic rings. The van der Waals surface area contributed by atoms with E-state index in [1.807, 2.05) is 0 Å². The topological polar surface area (TPSA) is 249 Å². The van der Waals surface area contributed by atoms with E-state index in [0.717, 1.165) is 24.3 Å². The zero-order valence-electron chi connectivity index (χ0n) is 21.9. The summed E-state index contributed by atoms with van der Waals surface area (Å²) in [6.07, 6.45) is -15.4. The van der Waals surface area contributed by atoms with Gasteiger partial charge < -0.3 is 69.3 Å². The number of aliphatic hydroxyl groups is 6. The summed E-state index contributed by atoms with van der Waals surface area (Å²) in [4.78, 5) is 12.0. The van der Waals surface area contributed by atoms with E-state index >= 15 is 0 Å². The van der Waals surface area contributed by atoms with Crippen LogP contribution >= 0.6 is 0 Å². The number of hydrogen-bond donors (Lipinski definition) is 9. The summed E-state index contributed by atoms with van der Waals surface area (Å²) in [6, 6.07) is 6.93. The first-order chi connectivity index (χ1) is 19.8. The lowest BCUT2D eigenvalue weighted by Gasteiger charge is -2.42. The third-order valence-electron chi connectivity index (χ3n) is 7.19. The van der Waals surface area contributed by atoms with E-state index in [0.29, 0.717) is 0 Å². The molecule has 1 aliphatic carbocycles. The van der Waals surface area contributed by atoms with Crippen molar-refractivity contribution in [3.63, 3.8) is 0 Å². The maximum absolute atomic E-state index is 12.0. The number of ether oxygens (including phenoxy) is 4. The Morgan fingerprint density at radius 1 is 0.738 bits per heavy atom. The quantitative estimate of drug-likeness (QED) is 0.148. The lowest BCUT2D eigenvalue weighted by atomic mass is 9.98. The van der Waals surface area contributed by atoms with E-state index in [-0.39, 0.29) is 28.4 Å². The Bertz CT molecular complexity index is 1440. The van der Waals surface area contributed by atoms with Gasteiger partial charge in [-0.2, -0.15) is 0 Å². The SMILES string of the molecule is C[C@@H]1O[C@@H](OC[C@H]2O[C@@H](Oc3cc4c(O)cc(=O)cc-4oc3-c3ccc(O)c(O)c3)[C@H](O)[C@@H](O)[C@@H]2O)[C@H](O)[C@H](O)[C@H]1O. The molecule has 10 atom stereocenters. The van der Waals surface area contributed by atoms with Crippen LogP contribution in [0.1, 0.15) is 6.92 Å². The molecule has 5 rings (SSSR count). The smallest absolute Gasteiger partial charge is 0.229 e. The standard InChI is InChI=1S/C27H30O15/c1-9-19(32)21(34)23(36)26(39-9)38-8-18-20(33)22(35)24(37)27(42-18)41-17-7-12-14(30)5-11(28)6-16(12)40-25(17)10-2-3-13(29)15(31)4-10/h2-7,9,18-24,26-27,29-37H,8H2,1H3/t9-,18+,19-,20+,21+,22-,23+,24+,26+,27+/m0/s1. The molecule has 0 unspecified atom stereocenters. The van der Waals surface area contributed by atoms with Gasteiger partial charge in [0.25, 0.3) is 0 Å². The molecule has 42 heavy (non-hydrogen) atoms. The van der Waals surface area contributed by atoms with Crippen LogP contribution in [0.5, 0.6) is 23.0 Å². The van der Waals surface area contributed by atoms with Gasteiger partial charge in [0.15, 0.2) is 34.7 Å². The summed E-state index contributed by atoms with van der Waals surface area (Å²) in [5.74, 6) is -1.80. The summed E-state index contributed by atoms with van der Waals surface area (Å²) < 4.78 is 28.2. The maximum atomic E-state index is 12.0. The zero-order chi connectivity index (χ0) is 30.5. The predicted octanol–water partition coefficient (Wildman–Crippen LogP) is -1.44. The highest BCUT2D eigenvalue weighted by Gasteiger charge is 2.47. The third kappa shape index (κ3) is 5.61. The second-order valence-corrected chi connectivity index (χ2v) is 10.1. The van der Waals surface area contributed by atoms with Gasteiger partial charge in [0.2, 0.25) is 6.29 Å². The molecule has 0 spiro atoms. The largest absolute Gasteiger partial charge is 0.507 e. The normalized spacial score (nSPS) is 33.5. The van der Waals surface area contributed by atoms with Crippen molar-refractivity contribution in [3.05, 3.63) is 46.6 Å². The van der Waals surface area contributed by atoms with Gasteiger partial charge in [-0.25, -0.2) is 0 Å². The fraction of sp³-hybridized carbons (Fsp3) is 0.444. The molecule has 2 saturated heterocycles. The van der Waals surface area contributed by atoms with Gasteiger partial charge in [0.1, 0.15) is 54.2 Å². The van der Waals surface area contributed by atoms with E-state index in [9.17, 15) is 50.8 Å². The number of aromatic hydroxyl groups is 3. The van der Waals surface area contributed by atoms with Crippen molar-refractivity contribution in [1.29, 1.82) is 0 Å². The lowest BCUT2D eigenvalue weighted by Crippen LogP contribution is -2.61. The minimum Gasteiger partial charge on any atom is -0.507 e. The van der Waals surface area contributed by atoms with Gasteiger partial charge in [-0.3, -0.25) is 4.79 Å². The summed E-state index contributed by atoms with van der Waals surface area (Å²) in [7, 11) is 0. The van der Waals surface area contributed by atoms with Gasteiger partial charge in [0, 0.05) is 17.7 Å². The molecule has 0 saturated carbocycles. The molecule has 4 aliphatic rings. The van der Waals surface area contributed by atoms with E-state index in [1.54, 1.807) is 0 Å². The number of hydrogen-bond acceptors (Lipinski definition) is 15. The first-order valence-corrected chi connectivity index (χ1v) is 12.9. The minimum absolute atomic E-state index is 0.0282. The second kappa shape index (κ2) is 11.6. The van der Waals surface area contributed by atoms with Crippen molar-refractivity contribution in [1.82, 2.24) is 0 Å². The van der Waals surface area contributed by atoms with Crippen molar-refractivity contribution in [2.45, 2.75) is 68.3 Å². The molecule has 1 aromatic carbocycles. The molecule has 0 bridgehead atoms. The van der Waals surface area contributed by atoms with Crippen molar-refractivity contribution < 1.29 is 69.3 Å². The van der Waals surface area contributed by atoms with Crippen molar-refractivity contribution in [3.8, 4) is 45.6 Å². The summed E-state index contributed by atoms with van der Waals surface area (Å²) in [5, 5.41) is 91.9. The Balaban J connectivity index is 1.44. The molecule has 3 aliphatic heterocycles. The molecule has 0 amide bonds. The van der Waals surface area contributed by atoms with Crippen LogP contribution < -0.4 is 10.2 Å². The van der Waals surface area contributed by atoms with E-state index < -0.39 is 90.7 Å². The van der Waals surface area contributed by atoms with Gasteiger partial charge in [-0.1, -0.05) is 0 Å². The van der Waals surface area contributed by atoms with Gasteiger partial charge in [-0.05, 0) is 31.2 Å². The van der Waals surface area contributed by atoms with Crippen LogP contribution in [-0.4, -0.2) is 114 Å². The highest BCUT2D eigenvalue weighted by molar-refractivity contribution is 5.76. The van der Waals surface area contributed by atoms with Crippen LogP contribution in [0, 0.1) is 0 Å². The summed E-state index contributed by atoms with van der Waals surface area (Å²) >= 11 is 0. The number of benzene rings is 2. The monoisotopic (exact) mass is 594 g/mol. The third-order valence-corrected chi connectivity index (χ3v) is 7.19. The fourth-order valence-electron chi connectivity index (χ4n) is 4.74. The molecule has 3 heterocycles. The molecule has 0 aromatic heterocycles. The van der Waals surface area contributed by atoms with Gasteiger partial charge >= 0.3 is 0 Å². The highest BCUT2D eigenvalue weighted by Crippen LogP contribution is 2.43. The van der Waals surface area contributed by atoms with Crippen molar-refractivity contribution in [2.24, 2.45) is 0 Å². The van der Waals surface area contributed by atoms with Crippen LogP contribution in [0.3, 0.4) is 0 Å². The van der Waals surface area contributed by atoms with Crippen molar-refractivity contribution in [2.75, 3.05) is 6.61 Å². The zero-order valence-corrected chi connectivity index (χ0v) is 21.9. The Hall–Kier alpha value is -3.51. The van der Waals surface area contributed by atoms with Crippen LogP contribution in [-0.2, 0) is 14.2 Å². The lowest BCUT2D eigenvalue weighted by molar-refractivity contribution is -0.318. The average Bonchev–Trinajstić information content (AvgIpc) is 2.95. The molecular formula is C27H30O15. The van der Waals surface area contributed by atoms with Crippen LogP contribution in [0.25, 0.3) is 22.6 Å². The molecule has 2 fully saturated rings. The minimum atomic E-state index is -1.83. The predicted molar refractivity (Wildman–Crippen MR) is 138 cm³/mol. The molecule has 9 N–H and O–H groups in total. The molecule has 15 heteroatoms. The van der Waals surface area contributed by atoms with E-state index in [4.69, 9.17) is 23.4 Å². The highest BCUT2D eigenvalue weighted by atomic mass is 16.7.